The molecule has 2 aromatic rings. The Hall–Kier alpha value is -2.82. The molecule has 1 heterocycles. The number of sulfone groups is 1. The number of fused-ring (bicyclic) bond motifs is 3. The SMILES string of the molecule is CC1(C(=O)C[C@@H]2CC[C@@]3(S(=O)(=O)c4ccc(F)cc4)c4ccc(C(C)(F)C(F)(F)F)cc4CC[C@@H]23)CCC(=O)N1. The van der Waals surface area contributed by atoms with Gasteiger partial charge in [-0.25, -0.2) is 17.2 Å². The second kappa shape index (κ2) is 9.36. The predicted octanol–water partition coefficient (Wildman–Crippen LogP) is 5.84. The molecule has 5 atom stereocenters. The van der Waals surface area contributed by atoms with Crippen LogP contribution in [0.5, 0.6) is 0 Å². The maximum atomic E-state index is 14.9. The Bertz CT molecular complexity index is 1470. The van der Waals surface area contributed by atoms with Crippen molar-refractivity contribution in [2.75, 3.05) is 0 Å². The molecule has 0 spiro atoms. The van der Waals surface area contributed by atoms with Gasteiger partial charge in [0.25, 0.3) is 0 Å². The lowest BCUT2D eigenvalue weighted by atomic mass is 9.71. The van der Waals surface area contributed by atoms with Crippen molar-refractivity contribution in [3.8, 4) is 0 Å². The van der Waals surface area contributed by atoms with Gasteiger partial charge in [-0.05, 0) is 98.7 Å². The van der Waals surface area contributed by atoms with E-state index in [-0.39, 0.29) is 54.6 Å². The number of halogens is 5. The fourth-order valence-electron chi connectivity index (χ4n) is 6.97. The standard InChI is InChI=1S/C29H30F5NO4S/c1-26(13-12-25(37)35-26)24(36)16-18-11-14-28(40(38,39)21-7-5-20(30)6-8-21)22(18)9-3-17-15-19(4-10-23(17)28)27(2,31)29(32,33)34/h4-8,10,15,18,22H,3,9,11-14,16H2,1-2H3,(H,35,37)/t18-,22-,26?,27?,28-/m0/s1. The van der Waals surface area contributed by atoms with Crippen molar-refractivity contribution in [3.63, 3.8) is 0 Å². The fraction of sp³-hybridized carbons (Fsp3) is 0.517. The first-order valence-corrected chi connectivity index (χ1v) is 14.8. The van der Waals surface area contributed by atoms with Crippen molar-refractivity contribution in [2.24, 2.45) is 11.8 Å². The number of carbonyl (C=O) groups is 2. The van der Waals surface area contributed by atoms with Gasteiger partial charge >= 0.3 is 6.18 Å². The second-order valence-corrected chi connectivity index (χ2v) is 13.9. The highest BCUT2D eigenvalue weighted by atomic mass is 32.2. The van der Waals surface area contributed by atoms with Crippen LogP contribution in [0.1, 0.15) is 69.1 Å². The summed E-state index contributed by atoms with van der Waals surface area (Å²) >= 11 is 0. The molecule has 216 valence electrons. The molecule has 1 N–H and O–H groups in total. The van der Waals surface area contributed by atoms with E-state index < -0.39 is 49.3 Å². The average molecular weight is 584 g/mol. The molecule has 5 nitrogen and oxygen atoms in total. The highest BCUT2D eigenvalue weighted by molar-refractivity contribution is 7.92. The van der Waals surface area contributed by atoms with Gasteiger partial charge in [0.2, 0.25) is 11.6 Å². The summed E-state index contributed by atoms with van der Waals surface area (Å²) in [5.41, 5.74) is -4.67. The van der Waals surface area contributed by atoms with E-state index in [4.69, 9.17) is 0 Å². The molecule has 1 saturated heterocycles. The van der Waals surface area contributed by atoms with Crippen LogP contribution in [0.4, 0.5) is 22.0 Å². The van der Waals surface area contributed by atoms with Crippen molar-refractivity contribution < 1.29 is 40.0 Å². The van der Waals surface area contributed by atoms with Crippen molar-refractivity contribution in [3.05, 3.63) is 65.0 Å². The van der Waals surface area contributed by atoms with Gasteiger partial charge in [-0.15, -0.1) is 0 Å². The number of amides is 1. The van der Waals surface area contributed by atoms with E-state index in [0.717, 1.165) is 36.4 Å². The maximum absolute atomic E-state index is 14.9. The summed E-state index contributed by atoms with van der Waals surface area (Å²) in [6.07, 6.45) is -3.66. The Labute approximate surface area is 229 Å². The first-order chi connectivity index (χ1) is 18.5. The minimum Gasteiger partial charge on any atom is -0.344 e. The quantitative estimate of drug-likeness (QED) is 0.342. The van der Waals surface area contributed by atoms with E-state index in [2.05, 4.69) is 5.32 Å². The van der Waals surface area contributed by atoms with Crippen LogP contribution in [0.3, 0.4) is 0 Å². The molecule has 0 aromatic heterocycles. The van der Waals surface area contributed by atoms with Gasteiger partial charge in [0.1, 0.15) is 10.6 Å². The molecule has 3 aliphatic rings. The summed E-state index contributed by atoms with van der Waals surface area (Å²) < 4.78 is 96.2. The highest BCUT2D eigenvalue weighted by Crippen LogP contribution is 2.60. The van der Waals surface area contributed by atoms with Crippen LogP contribution in [0, 0.1) is 17.7 Å². The minimum atomic E-state index is -5.17. The Morgan fingerprint density at radius 2 is 1.70 bits per heavy atom. The molecule has 0 radical (unpaired) electrons. The Kier molecular flexibility index (Phi) is 6.71. The van der Waals surface area contributed by atoms with E-state index in [0.29, 0.717) is 30.9 Å². The van der Waals surface area contributed by atoms with Gasteiger partial charge in [-0.3, -0.25) is 9.59 Å². The lowest BCUT2D eigenvalue weighted by Crippen LogP contribution is -2.48. The van der Waals surface area contributed by atoms with E-state index in [1.807, 2.05) is 0 Å². The zero-order valence-corrected chi connectivity index (χ0v) is 22.9. The van der Waals surface area contributed by atoms with E-state index in [9.17, 15) is 40.0 Å². The summed E-state index contributed by atoms with van der Waals surface area (Å²) in [6.45, 7) is 2.09. The van der Waals surface area contributed by atoms with Crippen molar-refractivity contribution in [1.82, 2.24) is 5.32 Å². The number of benzene rings is 2. The summed E-state index contributed by atoms with van der Waals surface area (Å²) in [5.74, 6) is -1.98. The lowest BCUT2D eigenvalue weighted by Gasteiger charge is -2.43. The average Bonchev–Trinajstić information content (AvgIpc) is 3.44. The molecule has 11 heteroatoms. The summed E-state index contributed by atoms with van der Waals surface area (Å²) in [5, 5.41) is 2.73. The number of hydrogen-bond donors (Lipinski definition) is 1. The largest absolute Gasteiger partial charge is 0.426 e. The minimum absolute atomic E-state index is 0.0339. The van der Waals surface area contributed by atoms with E-state index >= 15 is 0 Å². The van der Waals surface area contributed by atoms with Gasteiger partial charge in [0.15, 0.2) is 15.6 Å². The zero-order valence-electron chi connectivity index (χ0n) is 22.1. The number of carbonyl (C=O) groups excluding carboxylic acids is 2. The van der Waals surface area contributed by atoms with Crippen LogP contribution in [0.2, 0.25) is 0 Å². The Morgan fingerprint density at radius 1 is 1.02 bits per heavy atom. The van der Waals surface area contributed by atoms with Crippen molar-refractivity contribution >= 4 is 21.5 Å². The Balaban J connectivity index is 1.60. The number of hydrogen-bond acceptors (Lipinski definition) is 4. The van der Waals surface area contributed by atoms with Crippen LogP contribution in [0.15, 0.2) is 47.4 Å². The van der Waals surface area contributed by atoms with Crippen molar-refractivity contribution in [2.45, 2.75) is 85.8 Å². The van der Waals surface area contributed by atoms with E-state index in [1.165, 1.54) is 6.07 Å². The van der Waals surface area contributed by atoms with Crippen LogP contribution >= 0.6 is 0 Å². The first kappa shape index (κ1) is 28.7. The second-order valence-electron chi connectivity index (χ2n) is 11.7. The van der Waals surface area contributed by atoms with E-state index in [1.54, 1.807) is 6.92 Å². The summed E-state index contributed by atoms with van der Waals surface area (Å²) in [7, 11) is -4.24. The van der Waals surface area contributed by atoms with Crippen LogP contribution in [-0.2, 0) is 36.3 Å². The lowest BCUT2D eigenvalue weighted by molar-refractivity contribution is -0.228. The highest BCUT2D eigenvalue weighted by Gasteiger charge is 2.61. The third kappa shape index (κ3) is 4.26. The normalized spacial score (nSPS) is 29.8. The molecule has 40 heavy (non-hydrogen) atoms. The number of nitrogens with one attached hydrogen (secondary N) is 1. The molecule has 2 fully saturated rings. The van der Waals surface area contributed by atoms with Crippen LogP contribution < -0.4 is 5.32 Å². The Morgan fingerprint density at radius 3 is 2.30 bits per heavy atom. The molecule has 5 rings (SSSR count). The molecule has 1 amide bonds. The fourth-order valence-corrected chi connectivity index (χ4v) is 9.47. The molecule has 2 aromatic carbocycles. The topological polar surface area (TPSA) is 80.3 Å². The van der Waals surface area contributed by atoms with Gasteiger partial charge in [0, 0.05) is 12.8 Å². The zero-order chi connectivity index (χ0) is 29.3. The van der Waals surface area contributed by atoms with Gasteiger partial charge in [-0.1, -0.05) is 18.2 Å². The van der Waals surface area contributed by atoms with Crippen LogP contribution in [0.25, 0.3) is 0 Å². The molecule has 0 bridgehead atoms. The van der Waals surface area contributed by atoms with Gasteiger partial charge < -0.3 is 5.32 Å². The first-order valence-electron chi connectivity index (χ1n) is 13.3. The number of aryl methyl sites for hydroxylation is 1. The van der Waals surface area contributed by atoms with Gasteiger partial charge in [0.05, 0.1) is 10.4 Å². The van der Waals surface area contributed by atoms with Crippen molar-refractivity contribution in [1.29, 1.82) is 0 Å². The molecular formula is C29H30F5NO4S. The maximum Gasteiger partial charge on any atom is 0.426 e. The third-order valence-electron chi connectivity index (χ3n) is 9.35. The summed E-state index contributed by atoms with van der Waals surface area (Å²) in [6, 6.07) is 7.76. The monoisotopic (exact) mass is 583 g/mol. The molecular weight excluding hydrogens is 553 g/mol. The molecule has 2 unspecified atom stereocenters. The number of Topliss-reactive ketones (excluding diaryl/α,β-unsaturated/α-hetero) is 1. The number of alkyl halides is 4. The van der Waals surface area contributed by atoms with Gasteiger partial charge in [-0.2, -0.15) is 13.2 Å². The number of rotatable bonds is 6. The van der Waals surface area contributed by atoms with Crippen LogP contribution in [-0.4, -0.2) is 31.8 Å². The summed E-state index contributed by atoms with van der Waals surface area (Å²) in [4.78, 5) is 25.0. The molecule has 1 aliphatic heterocycles. The number of ketones is 1. The third-order valence-corrected chi connectivity index (χ3v) is 11.9. The molecule has 2 aliphatic carbocycles. The molecule has 1 saturated carbocycles. The predicted molar refractivity (Wildman–Crippen MR) is 136 cm³/mol. The smallest absolute Gasteiger partial charge is 0.344 e.